The van der Waals surface area contributed by atoms with Gasteiger partial charge in [-0.05, 0) is 6.42 Å². The first-order chi connectivity index (χ1) is 10.6. The summed E-state index contributed by atoms with van der Waals surface area (Å²) in [4.78, 5) is 0. The van der Waals surface area contributed by atoms with E-state index in [0.717, 1.165) is 12.8 Å². The minimum absolute atomic E-state index is 0.156. The van der Waals surface area contributed by atoms with Crippen molar-refractivity contribution in [2.24, 2.45) is 0 Å². The monoisotopic (exact) mass is 385 g/mol. The van der Waals surface area contributed by atoms with E-state index in [1.807, 2.05) is 14.0 Å². The van der Waals surface area contributed by atoms with Crippen molar-refractivity contribution in [3.8, 4) is 0 Å². The first-order valence-corrected chi connectivity index (χ1v) is 9.03. The highest BCUT2D eigenvalue weighted by atomic mass is 32.2. The maximum Gasteiger partial charge on any atom is 0.427 e. The minimum atomic E-state index is -6.00. The Labute approximate surface area is 138 Å². The molecule has 144 valence electrons. The number of piperazine rings is 1. The second-order valence-corrected chi connectivity index (χ2v) is 8.51. The number of alkyl halides is 6. The molecule has 11 heteroatoms. The summed E-state index contributed by atoms with van der Waals surface area (Å²) in [5.41, 5.74) is 0. The average Bonchev–Trinajstić information content (AvgIpc) is 2.44. The van der Waals surface area contributed by atoms with Crippen LogP contribution < -0.4 is 0 Å². The highest BCUT2D eigenvalue weighted by Gasteiger charge is 2.76. The van der Waals surface area contributed by atoms with Crippen molar-refractivity contribution in [2.75, 3.05) is 39.8 Å². The molecule has 24 heavy (non-hydrogen) atoms. The summed E-state index contributed by atoms with van der Waals surface area (Å²) in [6.07, 6.45) is 1.74. The summed E-state index contributed by atoms with van der Waals surface area (Å²) in [7, 11) is -4.10. The fourth-order valence-corrected chi connectivity index (χ4v) is 3.98. The van der Waals surface area contributed by atoms with Gasteiger partial charge in [0.15, 0.2) is 0 Å². The van der Waals surface area contributed by atoms with E-state index in [0.29, 0.717) is 11.0 Å². The van der Waals surface area contributed by atoms with E-state index in [4.69, 9.17) is 0 Å². The molecule has 4 nitrogen and oxygen atoms in total. The standard InChI is InChI=1S/C13H23F6N2O2S/c1-4-5-8-21(3)9-6-20(7-10-21)24(22,23)13(18,19)12(16,17)11(2,14)15/h4-10H2,1-3H3/q+1. The zero-order chi connectivity index (χ0) is 19.0. The van der Waals surface area contributed by atoms with Gasteiger partial charge in [-0.3, -0.25) is 0 Å². The first kappa shape index (κ1) is 21.5. The lowest BCUT2D eigenvalue weighted by Crippen LogP contribution is -2.64. The van der Waals surface area contributed by atoms with E-state index in [9.17, 15) is 34.8 Å². The molecular formula is C13H23F6N2O2S+. The van der Waals surface area contributed by atoms with Crippen LogP contribution in [0.3, 0.4) is 0 Å². The van der Waals surface area contributed by atoms with Crippen LogP contribution in [0.4, 0.5) is 26.3 Å². The summed E-state index contributed by atoms with van der Waals surface area (Å²) in [5, 5.41) is -5.89. The van der Waals surface area contributed by atoms with Crippen molar-refractivity contribution < 1.29 is 39.2 Å². The number of sulfonamides is 1. The summed E-state index contributed by atoms with van der Waals surface area (Å²) >= 11 is 0. The van der Waals surface area contributed by atoms with Crippen LogP contribution in [0.25, 0.3) is 0 Å². The molecule has 0 unspecified atom stereocenters. The predicted octanol–water partition coefficient (Wildman–Crippen LogP) is 2.76. The number of halogens is 6. The van der Waals surface area contributed by atoms with Gasteiger partial charge < -0.3 is 4.48 Å². The quantitative estimate of drug-likeness (QED) is 0.499. The van der Waals surface area contributed by atoms with Crippen molar-refractivity contribution in [3.05, 3.63) is 0 Å². The van der Waals surface area contributed by atoms with Crippen molar-refractivity contribution >= 4 is 10.0 Å². The highest BCUT2D eigenvalue weighted by Crippen LogP contribution is 2.49. The lowest BCUT2D eigenvalue weighted by atomic mass is 10.2. The molecule has 1 saturated heterocycles. The topological polar surface area (TPSA) is 37.4 Å². The molecule has 0 bridgehead atoms. The number of rotatable bonds is 7. The summed E-state index contributed by atoms with van der Waals surface area (Å²) in [6, 6.07) is 0. The molecule has 1 fully saturated rings. The van der Waals surface area contributed by atoms with Gasteiger partial charge in [-0.15, -0.1) is 0 Å². The Morgan fingerprint density at radius 1 is 1.04 bits per heavy atom. The molecule has 1 rings (SSSR count). The SMILES string of the molecule is CCCC[N+]1(C)CCN(S(=O)(=O)C(F)(F)C(F)(F)C(C)(F)F)CC1. The van der Waals surface area contributed by atoms with Crippen LogP contribution in [0.5, 0.6) is 0 Å². The normalized spacial score (nSPS) is 21.0. The lowest BCUT2D eigenvalue weighted by molar-refractivity contribution is -0.913. The van der Waals surface area contributed by atoms with E-state index >= 15 is 0 Å². The number of hydrogen-bond acceptors (Lipinski definition) is 2. The van der Waals surface area contributed by atoms with E-state index in [1.165, 1.54) is 0 Å². The molecule has 1 aliphatic rings. The van der Waals surface area contributed by atoms with Crippen LogP contribution in [0, 0.1) is 0 Å². The van der Waals surface area contributed by atoms with Gasteiger partial charge in [0, 0.05) is 6.92 Å². The minimum Gasteiger partial charge on any atom is -0.324 e. The van der Waals surface area contributed by atoms with Gasteiger partial charge in [-0.2, -0.15) is 30.6 Å². The molecule has 0 aromatic rings. The van der Waals surface area contributed by atoms with Crippen LogP contribution in [-0.2, 0) is 10.0 Å². The third-order valence-electron chi connectivity index (χ3n) is 4.41. The zero-order valence-electron chi connectivity index (χ0n) is 13.8. The third-order valence-corrected chi connectivity index (χ3v) is 6.36. The van der Waals surface area contributed by atoms with E-state index in [-0.39, 0.29) is 17.4 Å². The smallest absolute Gasteiger partial charge is 0.324 e. The maximum absolute atomic E-state index is 13.8. The second kappa shape index (κ2) is 6.64. The highest BCUT2D eigenvalue weighted by molar-refractivity contribution is 7.90. The van der Waals surface area contributed by atoms with Gasteiger partial charge in [0.1, 0.15) is 0 Å². The molecule has 1 aliphatic heterocycles. The number of quaternary nitrogens is 1. The largest absolute Gasteiger partial charge is 0.427 e. The first-order valence-electron chi connectivity index (χ1n) is 7.59. The Hall–Kier alpha value is -0.550. The second-order valence-electron chi connectivity index (χ2n) is 6.53. The van der Waals surface area contributed by atoms with Gasteiger partial charge in [0.25, 0.3) is 10.0 Å². The molecule has 0 aliphatic carbocycles. The number of unbranched alkanes of at least 4 members (excludes halogenated alkanes) is 1. The van der Waals surface area contributed by atoms with Gasteiger partial charge in [0.05, 0.1) is 39.8 Å². The number of nitrogens with zero attached hydrogens (tertiary/aromatic N) is 2. The molecule has 1 heterocycles. The molecular weight excluding hydrogens is 362 g/mol. The molecule has 0 N–H and O–H groups in total. The molecule has 0 radical (unpaired) electrons. The number of likely N-dealkylation sites (N-methyl/N-ethyl adjacent to an activating group) is 1. The third kappa shape index (κ3) is 3.67. The maximum atomic E-state index is 13.8. The summed E-state index contributed by atoms with van der Waals surface area (Å²) in [5.74, 6) is -11.2. The van der Waals surface area contributed by atoms with Gasteiger partial charge >= 0.3 is 17.1 Å². The van der Waals surface area contributed by atoms with Crippen LogP contribution in [0.2, 0.25) is 0 Å². The number of hydrogen-bond donors (Lipinski definition) is 0. The summed E-state index contributed by atoms with van der Waals surface area (Å²) < 4.78 is 104. The predicted molar refractivity (Wildman–Crippen MR) is 76.7 cm³/mol. The Bertz CT molecular complexity index is 539. The Morgan fingerprint density at radius 3 is 1.88 bits per heavy atom. The molecule has 0 aromatic carbocycles. The average molecular weight is 385 g/mol. The molecule has 0 saturated carbocycles. The summed E-state index contributed by atoms with van der Waals surface area (Å²) in [6.45, 7) is 1.72. The van der Waals surface area contributed by atoms with Gasteiger partial charge in [-0.25, -0.2) is 8.42 Å². The Morgan fingerprint density at radius 2 is 1.50 bits per heavy atom. The Kier molecular flexibility index (Phi) is 5.94. The fraction of sp³-hybridized carbons (Fsp3) is 1.00. The van der Waals surface area contributed by atoms with Gasteiger partial charge in [0.2, 0.25) is 0 Å². The van der Waals surface area contributed by atoms with Crippen LogP contribution in [0.15, 0.2) is 0 Å². The molecule has 0 atom stereocenters. The lowest BCUT2D eigenvalue weighted by Gasteiger charge is -2.43. The van der Waals surface area contributed by atoms with E-state index in [2.05, 4.69) is 0 Å². The van der Waals surface area contributed by atoms with Gasteiger partial charge in [-0.1, -0.05) is 13.3 Å². The van der Waals surface area contributed by atoms with Crippen LogP contribution in [0.1, 0.15) is 26.7 Å². The zero-order valence-corrected chi connectivity index (χ0v) is 14.7. The Balaban J connectivity index is 2.98. The van der Waals surface area contributed by atoms with E-state index < -0.39 is 47.1 Å². The van der Waals surface area contributed by atoms with Crippen molar-refractivity contribution in [3.63, 3.8) is 0 Å². The van der Waals surface area contributed by atoms with Crippen LogP contribution in [-0.4, -0.2) is 74.1 Å². The molecule has 0 amide bonds. The molecule has 0 spiro atoms. The van der Waals surface area contributed by atoms with Crippen molar-refractivity contribution in [1.82, 2.24) is 4.31 Å². The molecule has 0 aromatic heterocycles. The van der Waals surface area contributed by atoms with Crippen molar-refractivity contribution in [1.29, 1.82) is 0 Å². The van der Waals surface area contributed by atoms with E-state index in [1.54, 1.807) is 0 Å². The fourth-order valence-electron chi connectivity index (χ4n) is 2.51. The van der Waals surface area contributed by atoms with Crippen LogP contribution >= 0.6 is 0 Å². The van der Waals surface area contributed by atoms with Crippen molar-refractivity contribution in [2.45, 2.75) is 43.8 Å².